The van der Waals surface area contributed by atoms with Gasteiger partial charge in [-0.15, -0.1) is 5.01 Å². The number of hydrazine groups is 1. The highest BCUT2D eigenvalue weighted by molar-refractivity contribution is 5.89. The third-order valence-corrected chi connectivity index (χ3v) is 2.88. The average Bonchev–Trinajstić information content (AvgIpc) is 2.42. The molecule has 1 aromatic carbocycles. The number of nitrogens with zero attached hydrogens (tertiary/aromatic N) is 3. The van der Waals surface area contributed by atoms with E-state index in [1.807, 2.05) is 0 Å². The van der Waals surface area contributed by atoms with Gasteiger partial charge in [0.2, 0.25) is 5.28 Å². The predicted molar refractivity (Wildman–Crippen MR) is 66.6 cm³/mol. The Bertz CT molecular complexity index is 547. The summed E-state index contributed by atoms with van der Waals surface area (Å²) in [6.45, 7) is -0.269. The molecule has 1 saturated heterocycles. The number of rotatable bonds is 6. The molecule has 0 spiro atoms. The zero-order valence-corrected chi connectivity index (χ0v) is 10.9. The van der Waals surface area contributed by atoms with E-state index in [1.165, 1.54) is 0 Å². The SMILES string of the molecule is O=C(OCON=[N+]([O-])N1CC[C@H]1C(=O)O)c1ccccc1. The summed E-state index contributed by atoms with van der Waals surface area (Å²) in [5, 5.41) is 24.2. The van der Waals surface area contributed by atoms with Gasteiger partial charge in [0.15, 0.2) is 6.04 Å². The first-order chi connectivity index (χ1) is 10.1. The maximum absolute atomic E-state index is 11.5. The van der Waals surface area contributed by atoms with E-state index < -0.39 is 24.8 Å². The first kappa shape index (κ1) is 14.6. The van der Waals surface area contributed by atoms with Crippen molar-refractivity contribution in [1.82, 2.24) is 5.01 Å². The van der Waals surface area contributed by atoms with Crippen LogP contribution in [0, 0.1) is 5.21 Å². The molecular weight excluding hydrogens is 282 g/mol. The summed E-state index contributed by atoms with van der Waals surface area (Å²) in [5.41, 5.74) is 0.341. The molecule has 0 radical (unpaired) electrons. The first-order valence-corrected chi connectivity index (χ1v) is 6.11. The molecule has 9 heteroatoms. The lowest BCUT2D eigenvalue weighted by Gasteiger charge is -2.31. The van der Waals surface area contributed by atoms with Crippen LogP contribution in [0.4, 0.5) is 0 Å². The average molecular weight is 295 g/mol. The van der Waals surface area contributed by atoms with E-state index >= 15 is 0 Å². The van der Waals surface area contributed by atoms with Crippen LogP contribution in [0.2, 0.25) is 0 Å². The van der Waals surface area contributed by atoms with Crippen molar-refractivity contribution in [3.8, 4) is 0 Å². The Morgan fingerprint density at radius 1 is 1.43 bits per heavy atom. The Labute approximate surface area is 119 Å². The van der Waals surface area contributed by atoms with Crippen LogP contribution in [0.1, 0.15) is 16.8 Å². The standard InChI is InChI=1S/C12H13N3O6/c16-11(17)10-6-7-14(10)15(19)13-21-8-20-12(18)9-4-2-1-3-5-9/h1-5,10H,6-8H2,(H,16,17)/t10-/m0/s1. The molecule has 0 saturated carbocycles. The minimum absolute atomic E-state index is 0.0403. The van der Waals surface area contributed by atoms with Crippen LogP contribution in [0.5, 0.6) is 0 Å². The number of aliphatic carboxylic acids is 1. The highest BCUT2D eigenvalue weighted by Gasteiger charge is 2.41. The van der Waals surface area contributed by atoms with Crippen molar-refractivity contribution in [2.75, 3.05) is 13.3 Å². The van der Waals surface area contributed by atoms with Gasteiger partial charge in [-0.1, -0.05) is 18.2 Å². The first-order valence-electron chi connectivity index (χ1n) is 6.11. The molecule has 9 nitrogen and oxygen atoms in total. The van der Waals surface area contributed by atoms with Crippen molar-refractivity contribution in [2.45, 2.75) is 12.5 Å². The Balaban J connectivity index is 1.75. The van der Waals surface area contributed by atoms with Crippen molar-refractivity contribution in [3.05, 3.63) is 41.1 Å². The number of carboxylic acid groups (broad SMARTS) is 1. The molecule has 0 unspecified atom stereocenters. The summed E-state index contributed by atoms with van der Waals surface area (Å²) in [7, 11) is 0. The fourth-order valence-electron chi connectivity index (χ4n) is 1.69. The van der Waals surface area contributed by atoms with Crippen molar-refractivity contribution < 1.29 is 29.2 Å². The smallest absolute Gasteiger partial charge is 0.341 e. The summed E-state index contributed by atoms with van der Waals surface area (Å²) in [6, 6.07) is 7.34. The van der Waals surface area contributed by atoms with E-state index in [4.69, 9.17) is 9.84 Å². The second kappa shape index (κ2) is 6.55. The molecule has 0 amide bonds. The zero-order valence-electron chi connectivity index (χ0n) is 10.9. The Hall–Kier alpha value is -2.84. The normalized spacial score (nSPS) is 17.8. The number of esters is 1. The van der Waals surface area contributed by atoms with E-state index in [1.54, 1.807) is 30.3 Å². The number of hydrogen-bond acceptors (Lipinski definition) is 6. The Morgan fingerprint density at radius 3 is 2.71 bits per heavy atom. The zero-order chi connectivity index (χ0) is 15.2. The van der Waals surface area contributed by atoms with Crippen LogP contribution < -0.4 is 0 Å². The number of ether oxygens (including phenoxy) is 1. The fourth-order valence-corrected chi connectivity index (χ4v) is 1.69. The minimum atomic E-state index is -1.10. The lowest BCUT2D eigenvalue weighted by Crippen LogP contribution is -2.55. The second-order valence-corrected chi connectivity index (χ2v) is 4.18. The van der Waals surface area contributed by atoms with E-state index in [-0.39, 0.29) is 11.5 Å². The maximum atomic E-state index is 11.5. The van der Waals surface area contributed by atoms with Gasteiger partial charge in [-0.3, -0.25) is 0 Å². The van der Waals surface area contributed by atoms with Crippen molar-refractivity contribution >= 4 is 11.9 Å². The highest BCUT2D eigenvalue weighted by Crippen LogP contribution is 2.17. The molecule has 1 aromatic rings. The lowest BCUT2D eigenvalue weighted by atomic mass is 10.1. The van der Waals surface area contributed by atoms with Gasteiger partial charge in [0.25, 0.3) is 6.79 Å². The highest BCUT2D eigenvalue weighted by atomic mass is 16.8. The molecule has 112 valence electrons. The van der Waals surface area contributed by atoms with Gasteiger partial charge in [-0.05, 0) is 12.1 Å². The van der Waals surface area contributed by atoms with Gasteiger partial charge in [-0.2, -0.15) is 0 Å². The number of carbonyl (C=O) groups is 2. The molecule has 1 aliphatic heterocycles. The molecule has 1 aliphatic rings. The maximum Gasteiger partial charge on any atom is 0.341 e. The van der Waals surface area contributed by atoms with Crippen molar-refractivity contribution in [1.29, 1.82) is 0 Å². The predicted octanol–water partition coefficient (Wildman–Crippen LogP) is 0.769. The van der Waals surface area contributed by atoms with Crippen LogP contribution in [-0.4, -0.2) is 46.4 Å². The van der Waals surface area contributed by atoms with E-state index in [0.717, 1.165) is 5.01 Å². The summed E-state index contributed by atoms with van der Waals surface area (Å²) in [5.74, 6) is -1.72. The topological polar surface area (TPSA) is 114 Å². The van der Waals surface area contributed by atoms with Gasteiger partial charge >= 0.3 is 11.9 Å². The third-order valence-electron chi connectivity index (χ3n) is 2.88. The summed E-state index contributed by atoms with van der Waals surface area (Å²) < 4.78 is 4.73. The van der Waals surface area contributed by atoms with Gasteiger partial charge in [-0.25, -0.2) is 9.59 Å². The number of carbonyl (C=O) groups excluding carboxylic acids is 1. The van der Waals surface area contributed by atoms with E-state index in [9.17, 15) is 14.8 Å². The Morgan fingerprint density at radius 2 is 2.14 bits per heavy atom. The van der Waals surface area contributed by atoms with Crippen LogP contribution >= 0.6 is 0 Å². The fraction of sp³-hybridized carbons (Fsp3) is 0.333. The van der Waals surface area contributed by atoms with Gasteiger partial charge in [0.05, 0.1) is 17.1 Å². The van der Waals surface area contributed by atoms with Gasteiger partial charge in [0, 0.05) is 6.42 Å². The molecule has 0 aliphatic carbocycles. The molecule has 21 heavy (non-hydrogen) atoms. The summed E-state index contributed by atoms with van der Waals surface area (Å²) in [6.07, 6.45) is 0.368. The van der Waals surface area contributed by atoms with Gasteiger partial charge < -0.3 is 19.9 Å². The van der Waals surface area contributed by atoms with E-state index in [2.05, 4.69) is 10.1 Å². The molecule has 0 bridgehead atoms. The van der Waals surface area contributed by atoms with Gasteiger partial charge in [0.1, 0.15) is 0 Å². The second-order valence-electron chi connectivity index (χ2n) is 4.18. The van der Waals surface area contributed by atoms with Crippen LogP contribution in [0.15, 0.2) is 35.6 Å². The number of carboxylic acids is 1. The van der Waals surface area contributed by atoms with Crippen molar-refractivity contribution in [2.24, 2.45) is 5.28 Å². The minimum Gasteiger partial charge on any atom is -0.569 e. The van der Waals surface area contributed by atoms with Crippen LogP contribution in [0.3, 0.4) is 0 Å². The summed E-state index contributed by atoms with van der Waals surface area (Å²) in [4.78, 5) is 26.8. The molecule has 1 heterocycles. The largest absolute Gasteiger partial charge is 0.569 e. The molecule has 0 aromatic heterocycles. The summed E-state index contributed by atoms with van der Waals surface area (Å²) >= 11 is 0. The van der Waals surface area contributed by atoms with Crippen LogP contribution in [0.25, 0.3) is 0 Å². The molecule has 2 rings (SSSR count). The molecule has 1 fully saturated rings. The van der Waals surface area contributed by atoms with Crippen LogP contribution in [-0.2, 0) is 14.4 Å². The molecule has 1 atom stereocenters. The van der Waals surface area contributed by atoms with E-state index in [0.29, 0.717) is 12.0 Å². The number of hydrogen-bond donors (Lipinski definition) is 1. The third kappa shape index (κ3) is 3.59. The monoisotopic (exact) mass is 295 g/mol. The molecule has 1 N–H and O–H groups in total. The quantitative estimate of drug-likeness (QED) is 0.206. The lowest BCUT2D eigenvalue weighted by molar-refractivity contribution is -0.729. The van der Waals surface area contributed by atoms with Crippen molar-refractivity contribution in [3.63, 3.8) is 0 Å². The number of benzene rings is 1. The molecular formula is C12H13N3O6. The Kier molecular flexibility index (Phi) is 4.54.